The third-order valence-corrected chi connectivity index (χ3v) is 3.14. The summed E-state index contributed by atoms with van der Waals surface area (Å²) in [5.41, 5.74) is 6.23. The van der Waals surface area contributed by atoms with Gasteiger partial charge in [0.2, 0.25) is 11.8 Å². The zero-order valence-corrected chi connectivity index (χ0v) is 13.8. The molecule has 0 aromatic heterocycles. The minimum atomic E-state index is -0.243. The van der Waals surface area contributed by atoms with Gasteiger partial charge in [-0.25, -0.2) is 0 Å². The fourth-order valence-corrected chi connectivity index (χ4v) is 1.87. The van der Waals surface area contributed by atoms with E-state index in [2.05, 4.69) is 21.2 Å². The van der Waals surface area contributed by atoms with Crippen molar-refractivity contribution in [2.45, 2.75) is 19.4 Å². The van der Waals surface area contributed by atoms with Crippen LogP contribution >= 0.6 is 28.3 Å². The molecule has 0 aliphatic carbocycles. The van der Waals surface area contributed by atoms with Gasteiger partial charge in [0.15, 0.2) is 0 Å². The van der Waals surface area contributed by atoms with Crippen LogP contribution in [0.15, 0.2) is 28.7 Å². The molecule has 0 bridgehead atoms. The van der Waals surface area contributed by atoms with Crippen LogP contribution < -0.4 is 11.1 Å². The van der Waals surface area contributed by atoms with E-state index in [9.17, 15) is 9.59 Å². The number of benzene rings is 1. The normalized spacial score (nSPS) is 11.2. The molecule has 0 saturated carbocycles. The van der Waals surface area contributed by atoms with Crippen LogP contribution in [0.5, 0.6) is 0 Å². The van der Waals surface area contributed by atoms with Gasteiger partial charge in [-0.3, -0.25) is 9.59 Å². The molecule has 112 valence electrons. The highest BCUT2D eigenvalue weighted by Crippen LogP contribution is 2.20. The van der Waals surface area contributed by atoms with Crippen LogP contribution in [-0.4, -0.2) is 36.3 Å². The first kappa shape index (κ1) is 18.9. The number of nitrogens with zero attached hydrogens (tertiary/aromatic N) is 1. The molecule has 1 unspecified atom stereocenters. The van der Waals surface area contributed by atoms with Crippen LogP contribution in [0.4, 0.5) is 5.69 Å². The van der Waals surface area contributed by atoms with E-state index in [-0.39, 0.29) is 43.2 Å². The Kier molecular flexibility index (Phi) is 8.45. The molecule has 3 N–H and O–H groups in total. The third-order valence-electron chi connectivity index (χ3n) is 2.45. The first-order chi connectivity index (χ1) is 8.90. The van der Waals surface area contributed by atoms with E-state index in [1.165, 1.54) is 4.90 Å². The van der Waals surface area contributed by atoms with E-state index in [4.69, 9.17) is 5.73 Å². The summed E-state index contributed by atoms with van der Waals surface area (Å²) in [6, 6.07) is 7.09. The van der Waals surface area contributed by atoms with Gasteiger partial charge in [-0.2, -0.15) is 0 Å². The Hall–Kier alpha value is -1.11. The van der Waals surface area contributed by atoms with Gasteiger partial charge >= 0.3 is 0 Å². The highest BCUT2D eigenvalue weighted by Gasteiger charge is 2.14. The summed E-state index contributed by atoms with van der Waals surface area (Å²) in [5.74, 6) is -0.385. The summed E-state index contributed by atoms with van der Waals surface area (Å²) in [6.45, 7) is 1.76. The van der Waals surface area contributed by atoms with E-state index in [0.717, 1.165) is 4.47 Å². The van der Waals surface area contributed by atoms with Crippen molar-refractivity contribution in [1.82, 2.24) is 4.90 Å². The highest BCUT2D eigenvalue weighted by atomic mass is 79.9. The molecule has 1 aromatic rings. The number of nitrogens with two attached hydrogens (primary N) is 1. The minimum absolute atomic E-state index is 0. The number of likely N-dealkylation sites (N-methyl/N-ethyl adjacent to an activating group) is 1. The standard InChI is InChI=1S/C13H18BrN3O2.ClH/c1-9(15)7-13(19)17(2)8-12(18)16-11-6-4-3-5-10(11)14;/h3-6,9H,7-8,15H2,1-2H3,(H,16,18);1H. The Morgan fingerprint density at radius 3 is 2.55 bits per heavy atom. The molecule has 1 rings (SSSR count). The number of hydrogen-bond acceptors (Lipinski definition) is 3. The topological polar surface area (TPSA) is 75.4 Å². The molecule has 20 heavy (non-hydrogen) atoms. The van der Waals surface area contributed by atoms with Crippen molar-refractivity contribution in [3.05, 3.63) is 28.7 Å². The number of halogens is 2. The summed E-state index contributed by atoms with van der Waals surface area (Å²) in [7, 11) is 1.59. The van der Waals surface area contributed by atoms with Gasteiger partial charge in [-0.1, -0.05) is 12.1 Å². The van der Waals surface area contributed by atoms with Crippen LogP contribution in [-0.2, 0) is 9.59 Å². The number of carbonyl (C=O) groups is 2. The first-order valence-electron chi connectivity index (χ1n) is 5.94. The Balaban J connectivity index is 0.00000361. The van der Waals surface area contributed by atoms with E-state index in [1.807, 2.05) is 18.2 Å². The number of rotatable bonds is 5. The molecule has 0 radical (unpaired) electrons. The largest absolute Gasteiger partial charge is 0.336 e. The molecule has 7 heteroatoms. The summed E-state index contributed by atoms with van der Waals surface area (Å²) < 4.78 is 0.799. The van der Waals surface area contributed by atoms with Crippen molar-refractivity contribution in [2.24, 2.45) is 5.73 Å². The molecule has 2 amide bonds. The second-order valence-corrected chi connectivity index (χ2v) is 5.31. The molecule has 0 heterocycles. The average molecular weight is 365 g/mol. The average Bonchev–Trinajstić information content (AvgIpc) is 2.31. The molecule has 1 aromatic carbocycles. The van der Waals surface area contributed by atoms with Gasteiger partial charge in [-0.15, -0.1) is 12.4 Å². The van der Waals surface area contributed by atoms with Crippen molar-refractivity contribution in [3.63, 3.8) is 0 Å². The number of carbonyl (C=O) groups excluding carboxylic acids is 2. The van der Waals surface area contributed by atoms with Crippen LogP contribution in [0.2, 0.25) is 0 Å². The lowest BCUT2D eigenvalue weighted by Crippen LogP contribution is -2.37. The van der Waals surface area contributed by atoms with E-state index < -0.39 is 0 Å². The smallest absolute Gasteiger partial charge is 0.244 e. The van der Waals surface area contributed by atoms with E-state index >= 15 is 0 Å². The molecular weight excluding hydrogens is 346 g/mol. The molecule has 0 saturated heterocycles. The first-order valence-corrected chi connectivity index (χ1v) is 6.73. The van der Waals surface area contributed by atoms with Crippen molar-refractivity contribution in [2.75, 3.05) is 18.9 Å². The Morgan fingerprint density at radius 2 is 2.00 bits per heavy atom. The maximum atomic E-state index is 11.8. The second-order valence-electron chi connectivity index (χ2n) is 4.46. The lowest BCUT2D eigenvalue weighted by Gasteiger charge is -2.18. The Bertz CT molecular complexity index is 469. The van der Waals surface area contributed by atoms with Gasteiger partial charge in [0.05, 0.1) is 12.2 Å². The predicted octanol–water partition coefficient (Wildman–Crippen LogP) is 2.01. The summed E-state index contributed by atoms with van der Waals surface area (Å²) in [5, 5.41) is 2.74. The molecular formula is C13H19BrClN3O2. The van der Waals surface area contributed by atoms with Crippen molar-refractivity contribution in [1.29, 1.82) is 0 Å². The molecule has 0 aliphatic rings. The van der Waals surface area contributed by atoms with Crippen molar-refractivity contribution < 1.29 is 9.59 Å². The molecule has 0 aliphatic heterocycles. The maximum absolute atomic E-state index is 11.8. The predicted molar refractivity (Wildman–Crippen MR) is 85.9 cm³/mol. The quantitative estimate of drug-likeness (QED) is 0.839. The molecule has 5 nitrogen and oxygen atoms in total. The van der Waals surface area contributed by atoms with Crippen LogP contribution in [0.1, 0.15) is 13.3 Å². The number of nitrogens with one attached hydrogen (secondary N) is 1. The highest BCUT2D eigenvalue weighted by molar-refractivity contribution is 9.10. The number of amides is 2. The molecule has 0 spiro atoms. The second kappa shape index (κ2) is 8.94. The Morgan fingerprint density at radius 1 is 1.40 bits per heavy atom. The lowest BCUT2D eigenvalue weighted by molar-refractivity contribution is -0.133. The minimum Gasteiger partial charge on any atom is -0.336 e. The van der Waals surface area contributed by atoms with Crippen LogP contribution in [0.3, 0.4) is 0 Å². The van der Waals surface area contributed by atoms with Crippen LogP contribution in [0.25, 0.3) is 0 Å². The lowest BCUT2D eigenvalue weighted by atomic mass is 10.2. The van der Waals surface area contributed by atoms with Gasteiger partial charge in [0.25, 0.3) is 0 Å². The zero-order valence-electron chi connectivity index (χ0n) is 11.4. The molecule has 1 atom stereocenters. The SMILES string of the molecule is CC(N)CC(=O)N(C)CC(=O)Nc1ccccc1Br.Cl. The number of para-hydroxylation sites is 1. The maximum Gasteiger partial charge on any atom is 0.244 e. The Labute approximate surface area is 133 Å². The third kappa shape index (κ3) is 6.36. The number of anilines is 1. The monoisotopic (exact) mass is 363 g/mol. The van der Waals surface area contributed by atoms with Gasteiger partial charge < -0.3 is 16.0 Å². The summed E-state index contributed by atoms with van der Waals surface area (Å²) in [6.07, 6.45) is 0.235. The van der Waals surface area contributed by atoms with Gasteiger partial charge in [0, 0.05) is 24.0 Å². The van der Waals surface area contributed by atoms with Crippen LogP contribution in [0, 0.1) is 0 Å². The van der Waals surface area contributed by atoms with Crippen molar-refractivity contribution >= 4 is 45.8 Å². The van der Waals surface area contributed by atoms with Gasteiger partial charge in [-0.05, 0) is 35.0 Å². The summed E-state index contributed by atoms with van der Waals surface area (Å²) in [4.78, 5) is 24.8. The zero-order chi connectivity index (χ0) is 14.4. The fourth-order valence-electron chi connectivity index (χ4n) is 1.49. The molecule has 0 fully saturated rings. The van der Waals surface area contributed by atoms with Crippen molar-refractivity contribution in [3.8, 4) is 0 Å². The van der Waals surface area contributed by atoms with Gasteiger partial charge in [0.1, 0.15) is 0 Å². The van der Waals surface area contributed by atoms with E-state index in [1.54, 1.807) is 20.0 Å². The fraction of sp³-hybridized carbons (Fsp3) is 0.385. The summed E-state index contributed by atoms with van der Waals surface area (Å²) >= 11 is 3.34. The van der Waals surface area contributed by atoms with E-state index in [0.29, 0.717) is 5.69 Å². The number of hydrogen-bond donors (Lipinski definition) is 2.